The number of halogens is 1. The predicted molar refractivity (Wildman–Crippen MR) is 95.6 cm³/mol. The Morgan fingerprint density at radius 3 is 2.52 bits per heavy atom. The summed E-state index contributed by atoms with van der Waals surface area (Å²) in [4.78, 5) is 29.7. The third kappa shape index (κ3) is 6.54. The number of benzene rings is 1. The second-order valence-electron chi connectivity index (χ2n) is 5.15. The number of carbonyl (C=O) groups excluding carboxylic acids is 2. The molecule has 0 bridgehead atoms. The maximum Gasteiger partial charge on any atom is 0.410 e. The Hall–Kier alpha value is -2.41. The van der Waals surface area contributed by atoms with Crippen molar-refractivity contribution in [3.8, 4) is 0 Å². The van der Waals surface area contributed by atoms with Gasteiger partial charge in [0.2, 0.25) is 0 Å². The standard InChI is InChI=1S/C18H19BrN2O4/c1-2-24-17(22)12-21(11-15-9-6-10-16(19)20-15)18(23)25-13-14-7-4-3-5-8-14/h3-10H,2,11-13H2,1H3. The van der Waals surface area contributed by atoms with Gasteiger partial charge in [0.05, 0.1) is 18.8 Å². The van der Waals surface area contributed by atoms with Crippen molar-refractivity contribution < 1.29 is 19.1 Å². The van der Waals surface area contributed by atoms with E-state index in [1.54, 1.807) is 19.1 Å². The molecule has 6 nitrogen and oxygen atoms in total. The van der Waals surface area contributed by atoms with Crippen LogP contribution in [0.4, 0.5) is 4.79 Å². The SMILES string of the molecule is CCOC(=O)CN(Cc1cccc(Br)n1)C(=O)OCc1ccccc1. The van der Waals surface area contributed by atoms with Gasteiger partial charge in [0, 0.05) is 0 Å². The molecule has 132 valence electrons. The third-order valence-electron chi connectivity index (χ3n) is 3.21. The van der Waals surface area contributed by atoms with E-state index in [0.717, 1.165) is 5.56 Å². The topological polar surface area (TPSA) is 68.7 Å². The summed E-state index contributed by atoms with van der Waals surface area (Å²) in [5, 5.41) is 0. The minimum atomic E-state index is -0.598. The molecule has 0 fully saturated rings. The van der Waals surface area contributed by atoms with Gasteiger partial charge in [0.15, 0.2) is 0 Å². The van der Waals surface area contributed by atoms with E-state index >= 15 is 0 Å². The van der Waals surface area contributed by atoms with Gasteiger partial charge in [-0.15, -0.1) is 0 Å². The zero-order chi connectivity index (χ0) is 18.1. The second-order valence-corrected chi connectivity index (χ2v) is 5.97. The summed E-state index contributed by atoms with van der Waals surface area (Å²) in [6.45, 7) is 2.04. The van der Waals surface area contributed by atoms with Gasteiger partial charge in [0.25, 0.3) is 0 Å². The van der Waals surface area contributed by atoms with Crippen LogP contribution in [0, 0.1) is 0 Å². The van der Waals surface area contributed by atoms with Crippen molar-refractivity contribution in [1.82, 2.24) is 9.88 Å². The van der Waals surface area contributed by atoms with Crippen LogP contribution >= 0.6 is 15.9 Å². The smallest absolute Gasteiger partial charge is 0.410 e. The van der Waals surface area contributed by atoms with Crippen LogP contribution in [0.5, 0.6) is 0 Å². The minimum Gasteiger partial charge on any atom is -0.465 e. The zero-order valence-corrected chi connectivity index (χ0v) is 15.4. The Morgan fingerprint density at radius 1 is 1.08 bits per heavy atom. The first kappa shape index (κ1) is 18.9. The quantitative estimate of drug-likeness (QED) is 0.519. The molecule has 0 unspecified atom stereocenters. The Morgan fingerprint density at radius 2 is 1.84 bits per heavy atom. The first-order valence-electron chi connectivity index (χ1n) is 7.81. The average Bonchev–Trinajstić information content (AvgIpc) is 2.60. The van der Waals surface area contributed by atoms with Gasteiger partial charge in [-0.25, -0.2) is 9.78 Å². The van der Waals surface area contributed by atoms with Crippen LogP contribution < -0.4 is 0 Å². The van der Waals surface area contributed by atoms with Crippen LogP contribution in [-0.2, 0) is 27.4 Å². The normalized spacial score (nSPS) is 10.2. The van der Waals surface area contributed by atoms with E-state index in [9.17, 15) is 9.59 Å². The van der Waals surface area contributed by atoms with Crippen molar-refractivity contribution in [2.24, 2.45) is 0 Å². The molecular weight excluding hydrogens is 388 g/mol. The summed E-state index contributed by atoms with van der Waals surface area (Å²) in [7, 11) is 0. The number of aromatic nitrogens is 1. The van der Waals surface area contributed by atoms with E-state index in [2.05, 4.69) is 20.9 Å². The lowest BCUT2D eigenvalue weighted by Gasteiger charge is -2.21. The molecule has 0 radical (unpaired) electrons. The molecule has 2 rings (SSSR count). The monoisotopic (exact) mass is 406 g/mol. The molecule has 25 heavy (non-hydrogen) atoms. The number of carbonyl (C=O) groups is 2. The van der Waals surface area contributed by atoms with Crippen LogP contribution in [0.15, 0.2) is 53.1 Å². The third-order valence-corrected chi connectivity index (χ3v) is 3.66. The van der Waals surface area contributed by atoms with Crippen molar-refractivity contribution in [1.29, 1.82) is 0 Å². The Kier molecular flexibility index (Phi) is 7.40. The van der Waals surface area contributed by atoms with E-state index in [0.29, 0.717) is 10.3 Å². The van der Waals surface area contributed by atoms with Gasteiger partial charge < -0.3 is 9.47 Å². The van der Waals surface area contributed by atoms with Crippen molar-refractivity contribution >= 4 is 28.0 Å². The zero-order valence-electron chi connectivity index (χ0n) is 13.9. The predicted octanol–water partition coefficient (Wildman–Crippen LogP) is 3.55. The molecule has 0 saturated carbocycles. The van der Waals surface area contributed by atoms with Gasteiger partial charge in [-0.05, 0) is 40.5 Å². The average molecular weight is 407 g/mol. The number of amides is 1. The number of esters is 1. The van der Waals surface area contributed by atoms with Crippen LogP contribution in [0.3, 0.4) is 0 Å². The van der Waals surface area contributed by atoms with Gasteiger partial charge in [-0.3, -0.25) is 9.69 Å². The highest BCUT2D eigenvalue weighted by Gasteiger charge is 2.20. The lowest BCUT2D eigenvalue weighted by Crippen LogP contribution is -2.36. The van der Waals surface area contributed by atoms with Crippen LogP contribution in [-0.4, -0.2) is 35.1 Å². The molecule has 0 N–H and O–H groups in total. The molecule has 0 saturated heterocycles. The van der Waals surface area contributed by atoms with Gasteiger partial charge >= 0.3 is 12.1 Å². The Bertz CT molecular complexity index is 709. The Labute approximate surface area is 154 Å². The highest BCUT2D eigenvalue weighted by atomic mass is 79.9. The molecule has 2 aromatic rings. The molecule has 0 spiro atoms. The van der Waals surface area contributed by atoms with Gasteiger partial charge in [0.1, 0.15) is 17.8 Å². The van der Waals surface area contributed by atoms with Crippen LogP contribution in [0.2, 0.25) is 0 Å². The molecule has 1 heterocycles. The van der Waals surface area contributed by atoms with Gasteiger partial charge in [-0.1, -0.05) is 36.4 Å². The van der Waals surface area contributed by atoms with E-state index < -0.39 is 12.1 Å². The van der Waals surface area contributed by atoms with Crippen molar-refractivity contribution in [2.45, 2.75) is 20.1 Å². The van der Waals surface area contributed by atoms with Crippen LogP contribution in [0.25, 0.3) is 0 Å². The van der Waals surface area contributed by atoms with E-state index in [-0.39, 0.29) is 26.3 Å². The molecule has 7 heteroatoms. The summed E-state index contributed by atoms with van der Waals surface area (Å²) in [5.41, 5.74) is 1.50. The first-order valence-corrected chi connectivity index (χ1v) is 8.60. The van der Waals surface area contributed by atoms with Crippen molar-refractivity contribution in [2.75, 3.05) is 13.2 Å². The molecule has 1 aromatic carbocycles. The largest absolute Gasteiger partial charge is 0.465 e. The summed E-state index contributed by atoms with van der Waals surface area (Å²) in [6, 6.07) is 14.7. The number of ether oxygens (including phenoxy) is 2. The summed E-state index contributed by atoms with van der Waals surface area (Å²) in [5.74, 6) is -0.492. The van der Waals surface area contributed by atoms with E-state index in [4.69, 9.17) is 9.47 Å². The molecule has 0 aliphatic carbocycles. The second kappa shape index (κ2) is 9.78. The summed E-state index contributed by atoms with van der Waals surface area (Å²) >= 11 is 3.29. The molecule has 1 amide bonds. The number of hydrogen-bond acceptors (Lipinski definition) is 5. The molecular formula is C18H19BrN2O4. The maximum atomic E-state index is 12.4. The highest BCUT2D eigenvalue weighted by molar-refractivity contribution is 9.10. The number of nitrogens with zero attached hydrogens (tertiary/aromatic N) is 2. The highest BCUT2D eigenvalue weighted by Crippen LogP contribution is 2.11. The molecule has 0 aliphatic heterocycles. The van der Waals surface area contributed by atoms with Gasteiger partial charge in [-0.2, -0.15) is 0 Å². The van der Waals surface area contributed by atoms with Crippen LogP contribution in [0.1, 0.15) is 18.2 Å². The lowest BCUT2D eigenvalue weighted by molar-refractivity contribution is -0.144. The lowest BCUT2D eigenvalue weighted by atomic mass is 10.2. The summed E-state index contributed by atoms with van der Waals surface area (Å²) in [6.07, 6.45) is -0.598. The van der Waals surface area contributed by atoms with E-state index in [1.807, 2.05) is 36.4 Å². The number of hydrogen-bond donors (Lipinski definition) is 0. The van der Waals surface area contributed by atoms with E-state index in [1.165, 1.54) is 4.90 Å². The maximum absolute atomic E-state index is 12.4. The fourth-order valence-corrected chi connectivity index (χ4v) is 2.47. The minimum absolute atomic E-state index is 0.130. The Balaban J connectivity index is 2.04. The fraction of sp³-hybridized carbons (Fsp3) is 0.278. The number of rotatable bonds is 7. The van der Waals surface area contributed by atoms with Crippen molar-refractivity contribution in [3.63, 3.8) is 0 Å². The molecule has 1 aromatic heterocycles. The molecule has 0 atom stereocenters. The van der Waals surface area contributed by atoms with Crippen molar-refractivity contribution in [3.05, 3.63) is 64.4 Å². The summed E-state index contributed by atoms with van der Waals surface area (Å²) < 4.78 is 10.9. The first-order chi connectivity index (χ1) is 12.1. The fourth-order valence-electron chi connectivity index (χ4n) is 2.09. The number of pyridine rings is 1. The molecule has 0 aliphatic rings.